The monoisotopic (exact) mass is 751 g/mol. The van der Waals surface area contributed by atoms with Crippen molar-refractivity contribution in [3.05, 3.63) is 65.7 Å². The van der Waals surface area contributed by atoms with Gasteiger partial charge in [0.1, 0.15) is 42.6 Å². The van der Waals surface area contributed by atoms with Crippen LogP contribution in [0.5, 0.6) is 5.75 Å². The molecule has 6 amide bonds. The molecule has 2 aromatic carbocycles. The molecular formula is C37H53N9O8. The number of phenols is 1. The first-order valence-corrected chi connectivity index (χ1v) is 18.0. The highest BCUT2D eigenvalue weighted by Crippen LogP contribution is 2.14. The van der Waals surface area contributed by atoms with E-state index < -0.39 is 71.8 Å². The van der Waals surface area contributed by atoms with Crippen LogP contribution in [0, 0.1) is 5.92 Å². The van der Waals surface area contributed by atoms with Crippen molar-refractivity contribution in [1.29, 1.82) is 0 Å². The summed E-state index contributed by atoms with van der Waals surface area (Å²) in [5.74, 6) is -3.86. The average molecular weight is 752 g/mol. The van der Waals surface area contributed by atoms with Crippen LogP contribution in [0.1, 0.15) is 64.0 Å². The van der Waals surface area contributed by atoms with Gasteiger partial charge >= 0.3 is 6.09 Å². The summed E-state index contributed by atoms with van der Waals surface area (Å²) < 4.78 is 5.23. The fourth-order valence-electron chi connectivity index (χ4n) is 5.56. The van der Waals surface area contributed by atoms with E-state index in [1.54, 1.807) is 26.0 Å². The molecular weight excluding hydrogens is 698 g/mol. The standard InChI is InChI=1S/C37H53N9O8/c1-22(2)30-35(52)45-29(20-24-14-16-26(47)17-15-24)34(51)44-28(13-9-19-40-36(38)39)33(50)43-27(32(49)42-23(3)31(48)46-30)12-7-8-18-41-37(53)54-21-25-10-5-4-6-11-25/h4-6,10-11,14-17,22-23,27-30,47H,7-9,12-13,18-21H2,1-3H3,(H,41,53)(H,42,49)(H,43,50)(H,44,51)(H,45,52)(H,46,48)(H4,38,39,40)/t23-,27-,28-,29-,30-/m0/s1. The van der Waals surface area contributed by atoms with Gasteiger partial charge in [-0.3, -0.25) is 29.0 Å². The van der Waals surface area contributed by atoms with Crippen LogP contribution in [0.3, 0.4) is 0 Å². The molecule has 0 aliphatic carbocycles. The molecule has 17 nitrogen and oxygen atoms in total. The molecule has 294 valence electrons. The number of nitrogens with one attached hydrogen (secondary N) is 6. The molecule has 1 fully saturated rings. The number of ether oxygens (including phenoxy) is 1. The molecule has 1 heterocycles. The van der Waals surface area contributed by atoms with Gasteiger partial charge in [0, 0.05) is 19.5 Å². The van der Waals surface area contributed by atoms with Crippen molar-refractivity contribution in [1.82, 2.24) is 31.9 Å². The van der Waals surface area contributed by atoms with Gasteiger partial charge in [0.25, 0.3) is 0 Å². The Labute approximate surface area is 314 Å². The highest BCUT2D eigenvalue weighted by Gasteiger charge is 2.34. The number of carbonyl (C=O) groups is 6. The first kappa shape index (κ1) is 42.5. The zero-order valence-corrected chi connectivity index (χ0v) is 30.9. The summed E-state index contributed by atoms with van der Waals surface area (Å²) in [7, 11) is 0. The Bertz CT molecular complexity index is 1600. The van der Waals surface area contributed by atoms with Crippen molar-refractivity contribution < 1.29 is 38.6 Å². The molecule has 1 aliphatic heterocycles. The minimum atomic E-state index is -1.20. The smallest absolute Gasteiger partial charge is 0.407 e. The molecule has 5 atom stereocenters. The number of aromatic hydroxyl groups is 1. The van der Waals surface area contributed by atoms with Crippen LogP contribution in [0.25, 0.3) is 0 Å². The number of rotatable bonds is 14. The highest BCUT2D eigenvalue weighted by atomic mass is 16.5. The van der Waals surface area contributed by atoms with Crippen LogP contribution in [-0.4, -0.2) is 90.0 Å². The second kappa shape index (κ2) is 21.6. The van der Waals surface area contributed by atoms with Crippen molar-refractivity contribution in [2.45, 2.75) is 96.1 Å². The Morgan fingerprint density at radius 3 is 1.98 bits per heavy atom. The lowest BCUT2D eigenvalue weighted by Crippen LogP contribution is -2.59. The Morgan fingerprint density at radius 2 is 1.35 bits per heavy atom. The van der Waals surface area contributed by atoms with Crippen LogP contribution < -0.4 is 43.4 Å². The largest absolute Gasteiger partial charge is 0.508 e. The van der Waals surface area contributed by atoms with E-state index in [9.17, 15) is 33.9 Å². The molecule has 0 spiro atoms. The predicted molar refractivity (Wildman–Crippen MR) is 200 cm³/mol. The Morgan fingerprint density at radius 1 is 0.759 bits per heavy atom. The minimum absolute atomic E-state index is 0.00808. The molecule has 0 radical (unpaired) electrons. The summed E-state index contributed by atoms with van der Waals surface area (Å²) in [5.41, 5.74) is 12.4. The first-order valence-electron chi connectivity index (χ1n) is 18.0. The third-order valence-corrected chi connectivity index (χ3v) is 8.62. The third kappa shape index (κ3) is 14.6. The van der Waals surface area contributed by atoms with Gasteiger partial charge in [0.15, 0.2) is 5.96 Å². The summed E-state index contributed by atoms with van der Waals surface area (Å²) in [6, 6.07) is 9.60. The summed E-state index contributed by atoms with van der Waals surface area (Å²) in [6.45, 7) is 5.39. The van der Waals surface area contributed by atoms with Crippen LogP contribution >= 0.6 is 0 Å². The number of carbonyl (C=O) groups excluding carboxylic acids is 6. The molecule has 0 saturated carbocycles. The van der Waals surface area contributed by atoms with Crippen LogP contribution in [0.15, 0.2) is 59.6 Å². The number of unbranched alkanes of at least 4 members (excludes halogenated alkanes) is 1. The molecule has 11 N–H and O–H groups in total. The number of alkyl carbamates (subject to hydrolysis) is 1. The molecule has 1 saturated heterocycles. The number of phenolic OH excluding ortho intramolecular Hbond substituents is 1. The van der Waals surface area contributed by atoms with Crippen LogP contribution in [-0.2, 0) is 41.7 Å². The van der Waals surface area contributed by atoms with E-state index in [0.29, 0.717) is 18.4 Å². The number of aliphatic imine (C=N–C) groups is 1. The number of benzene rings is 2. The van der Waals surface area contributed by atoms with Gasteiger partial charge in [-0.2, -0.15) is 0 Å². The normalized spacial score (nSPS) is 21.3. The topological polar surface area (TPSA) is 268 Å². The van der Waals surface area contributed by atoms with E-state index in [1.807, 2.05) is 30.3 Å². The van der Waals surface area contributed by atoms with E-state index in [0.717, 1.165) is 5.56 Å². The van der Waals surface area contributed by atoms with Crippen molar-refractivity contribution in [2.24, 2.45) is 22.4 Å². The lowest BCUT2D eigenvalue weighted by atomic mass is 10.00. The molecule has 54 heavy (non-hydrogen) atoms. The maximum absolute atomic E-state index is 13.9. The third-order valence-electron chi connectivity index (χ3n) is 8.62. The summed E-state index contributed by atoms with van der Waals surface area (Å²) in [5, 5.41) is 25.9. The average Bonchev–Trinajstić information content (AvgIpc) is 3.13. The SMILES string of the molecule is CC(C)[C@@H]1NC(=O)[C@H](C)NC(=O)[C@H](CCCCNC(=O)OCc2ccccc2)NC(=O)[C@H](CCCN=C(N)N)NC(=O)[C@H](Cc2ccc(O)cc2)NC1=O. The number of nitrogens with zero attached hydrogens (tertiary/aromatic N) is 1. The van der Waals surface area contributed by atoms with E-state index >= 15 is 0 Å². The molecule has 0 aromatic heterocycles. The maximum atomic E-state index is 13.9. The molecule has 1 aliphatic rings. The molecule has 0 unspecified atom stereocenters. The van der Waals surface area contributed by atoms with E-state index in [2.05, 4.69) is 36.9 Å². The van der Waals surface area contributed by atoms with Crippen molar-refractivity contribution in [3.8, 4) is 5.75 Å². The summed E-state index contributed by atoms with van der Waals surface area (Å²) in [6.07, 6.45) is 0.668. The van der Waals surface area contributed by atoms with Crippen LogP contribution in [0.4, 0.5) is 4.79 Å². The second-order valence-corrected chi connectivity index (χ2v) is 13.4. The van der Waals surface area contributed by atoms with Gasteiger partial charge in [-0.15, -0.1) is 0 Å². The van der Waals surface area contributed by atoms with Gasteiger partial charge < -0.3 is 53.2 Å². The van der Waals surface area contributed by atoms with Gasteiger partial charge in [0.2, 0.25) is 29.5 Å². The highest BCUT2D eigenvalue weighted by molar-refractivity contribution is 5.98. The van der Waals surface area contributed by atoms with E-state index in [-0.39, 0.29) is 57.1 Å². The van der Waals surface area contributed by atoms with Gasteiger partial charge in [-0.05, 0) is 68.2 Å². The Balaban J connectivity index is 1.82. The lowest BCUT2D eigenvalue weighted by molar-refractivity contribution is -0.134. The number of guanidine groups is 1. The Hall–Kier alpha value is -5.87. The van der Waals surface area contributed by atoms with Crippen molar-refractivity contribution in [2.75, 3.05) is 13.1 Å². The van der Waals surface area contributed by atoms with Gasteiger partial charge in [-0.25, -0.2) is 4.79 Å². The van der Waals surface area contributed by atoms with Crippen molar-refractivity contribution in [3.63, 3.8) is 0 Å². The minimum Gasteiger partial charge on any atom is -0.508 e. The zero-order chi connectivity index (χ0) is 39.6. The van der Waals surface area contributed by atoms with E-state index in [4.69, 9.17) is 16.2 Å². The number of hydrogen-bond donors (Lipinski definition) is 9. The first-order chi connectivity index (χ1) is 25.7. The molecule has 0 bridgehead atoms. The molecule has 3 rings (SSSR count). The fraction of sp³-hybridized carbons (Fsp3) is 0.486. The van der Waals surface area contributed by atoms with Crippen LogP contribution in [0.2, 0.25) is 0 Å². The molecule has 17 heteroatoms. The van der Waals surface area contributed by atoms with E-state index in [1.165, 1.54) is 19.1 Å². The summed E-state index contributed by atoms with van der Waals surface area (Å²) >= 11 is 0. The Kier molecular flexibility index (Phi) is 17.0. The zero-order valence-electron chi connectivity index (χ0n) is 30.9. The lowest BCUT2D eigenvalue weighted by Gasteiger charge is -2.27. The quantitative estimate of drug-likeness (QED) is 0.0719. The number of amides is 6. The number of nitrogens with two attached hydrogens (primary N) is 2. The van der Waals surface area contributed by atoms with Crippen molar-refractivity contribution >= 4 is 41.6 Å². The molecule has 2 aromatic rings. The predicted octanol–water partition coefficient (Wildman–Crippen LogP) is 0.199. The maximum Gasteiger partial charge on any atom is 0.407 e. The summed E-state index contributed by atoms with van der Waals surface area (Å²) in [4.78, 5) is 84.3. The second-order valence-electron chi connectivity index (χ2n) is 13.4. The van der Waals surface area contributed by atoms with Gasteiger partial charge in [-0.1, -0.05) is 56.3 Å². The number of hydrogen-bond acceptors (Lipinski definition) is 9. The fourth-order valence-corrected chi connectivity index (χ4v) is 5.56. The van der Waals surface area contributed by atoms with Gasteiger partial charge in [0.05, 0.1) is 0 Å².